The highest BCUT2D eigenvalue weighted by Crippen LogP contribution is 2.50. The van der Waals surface area contributed by atoms with Crippen molar-refractivity contribution in [2.24, 2.45) is 0 Å². The molecule has 3 atom stereocenters. The van der Waals surface area contributed by atoms with Gasteiger partial charge in [-0.15, -0.1) is 0 Å². The number of benzene rings is 2. The predicted molar refractivity (Wildman–Crippen MR) is 93.7 cm³/mol. The molecule has 0 aromatic heterocycles. The van der Waals surface area contributed by atoms with E-state index in [1.54, 1.807) is 0 Å². The summed E-state index contributed by atoms with van der Waals surface area (Å²) in [5.74, 6) is 0. The topological polar surface area (TPSA) is 6.48 Å². The minimum Gasteiger partial charge on any atom is -0.349 e. The molecule has 4 rings (SSSR count). The Hall–Kier alpha value is -1.96. The first-order chi connectivity index (χ1) is 10.9. The summed E-state index contributed by atoms with van der Waals surface area (Å²) in [6.45, 7) is 8.67. The number of fused-ring (bicyclic) bond motifs is 3. The Bertz CT molecular complexity index is 755. The van der Waals surface area contributed by atoms with Crippen molar-refractivity contribution in [2.45, 2.75) is 45.2 Å². The largest absolute Gasteiger partial charge is 0.349 e. The molecule has 2 aliphatic rings. The van der Waals surface area contributed by atoms with Crippen LogP contribution in [0.3, 0.4) is 0 Å². The lowest BCUT2D eigenvalue weighted by Gasteiger charge is -2.33. The highest BCUT2D eigenvalue weighted by Gasteiger charge is 2.52. The number of nitrogens with zero attached hydrogens (tertiary/aromatic N) is 2. The molecule has 1 fully saturated rings. The predicted octanol–water partition coefficient (Wildman–Crippen LogP) is 4.33. The lowest BCUT2D eigenvalue weighted by molar-refractivity contribution is 0.412. The van der Waals surface area contributed by atoms with Gasteiger partial charge in [-0.25, -0.2) is 0 Å². The maximum atomic E-state index is 8.94. The molecular formula is C20H24N2. The zero-order valence-electron chi connectivity index (χ0n) is 14.7. The minimum atomic E-state index is -0.376. The molecule has 2 aliphatic heterocycles. The fourth-order valence-corrected chi connectivity index (χ4v) is 4.40. The van der Waals surface area contributed by atoms with E-state index in [2.05, 4.69) is 86.0 Å². The van der Waals surface area contributed by atoms with Crippen LogP contribution in [0.1, 0.15) is 33.3 Å². The van der Waals surface area contributed by atoms with Gasteiger partial charge in [0.05, 0.1) is 14.1 Å². The zero-order valence-corrected chi connectivity index (χ0v) is 13.7. The second kappa shape index (κ2) is 4.52. The molecule has 0 saturated carbocycles. The fraction of sp³-hybridized carbons (Fsp3) is 0.400. The molecule has 114 valence electrons. The molecule has 2 aromatic carbocycles. The van der Waals surface area contributed by atoms with E-state index >= 15 is 0 Å². The second-order valence-electron chi connectivity index (χ2n) is 7.14. The van der Waals surface area contributed by atoms with Gasteiger partial charge in [-0.3, -0.25) is 0 Å². The molecule has 2 unspecified atom stereocenters. The highest BCUT2D eigenvalue weighted by atomic mass is 15.4. The van der Waals surface area contributed by atoms with Crippen LogP contribution in [0, 0.1) is 6.92 Å². The van der Waals surface area contributed by atoms with E-state index in [-0.39, 0.29) is 12.1 Å². The fourth-order valence-electron chi connectivity index (χ4n) is 4.40. The summed E-state index contributed by atoms with van der Waals surface area (Å²) < 4.78 is 8.94. The summed E-state index contributed by atoms with van der Waals surface area (Å²) in [5, 5.41) is 0. The summed E-state index contributed by atoms with van der Waals surface area (Å²) in [5.41, 5.74) is 5.07. The van der Waals surface area contributed by atoms with Crippen molar-refractivity contribution >= 4 is 11.4 Å². The molecule has 2 nitrogen and oxygen atoms in total. The van der Waals surface area contributed by atoms with Gasteiger partial charge in [0.1, 0.15) is 0 Å². The molecular weight excluding hydrogens is 268 g/mol. The van der Waals surface area contributed by atoms with Crippen LogP contribution in [-0.2, 0) is 5.41 Å². The zero-order chi connectivity index (χ0) is 16.4. The summed E-state index contributed by atoms with van der Waals surface area (Å²) in [6, 6.07) is 17.6. The first-order valence-electron chi connectivity index (χ1n) is 8.66. The van der Waals surface area contributed by atoms with Gasteiger partial charge in [-0.1, -0.05) is 50.2 Å². The molecule has 0 radical (unpaired) electrons. The van der Waals surface area contributed by atoms with Crippen LogP contribution in [0.15, 0.2) is 48.5 Å². The van der Waals surface area contributed by atoms with Gasteiger partial charge in [0.25, 0.3) is 0 Å². The Labute approximate surface area is 134 Å². The Balaban J connectivity index is 1.85. The maximum absolute atomic E-state index is 8.94. The van der Waals surface area contributed by atoms with Gasteiger partial charge in [-0.2, -0.15) is 0 Å². The Kier molecular flexibility index (Phi) is 2.58. The molecule has 0 aliphatic carbocycles. The number of hydrogen-bond acceptors (Lipinski definition) is 2. The molecule has 1 saturated heterocycles. The van der Waals surface area contributed by atoms with Crippen LogP contribution in [0.4, 0.5) is 11.4 Å². The summed E-state index contributed by atoms with van der Waals surface area (Å²) in [4.78, 5) is 4.59. The van der Waals surface area contributed by atoms with Gasteiger partial charge in [0, 0.05) is 22.8 Å². The van der Waals surface area contributed by atoms with Crippen molar-refractivity contribution in [3.05, 3.63) is 59.7 Å². The molecule has 0 N–H and O–H groups in total. The average Bonchev–Trinajstić information content (AvgIpc) is 2.93. The Morgan fingerprint density at radius 1 is 1.00 bits per heavy atom. The average molecular weight is 293 g/mol. The standard InChI is InChI=1S/C20H24N2/c1-14-9-5-7-11-17(14)21-13-22-18-12-8-6-10-16(18)20(3,4)19(22)15(21)2/h5-12,15,19H,13H2,1-4H3/t15-,19?/m0/s1/i13D/t13?,15-,19?. The van der Waals surface area contributed by atoms with E-state index < -0.39 is 0 Å². The first-order valence-corrected chi connectivity index (χ1v) is 8.08. The van der Waals surface area contributed by atoms with Crippen molar-refractivity contribution in [1.29, 1.82) is 0 Å². The molecule has 0 spiro atoms. The van der Waals surface area contributed by atoms with Gasteiger partial charge >= 0.3 is 0 Å². The van der Waals surface area contributed by atoms with Gasteiger partial charge < -0.3 is 9.80 Å². The summed E-state index contributed by atoms with van der Waals surface area (Å²) in [7, 11) is 0. The second-order valence-corrected chi connectivity index (χ2v) is 7.14. The van der Waals surface area contributed by atoms with Gasteiger partial charge in [0.2, 0.25) is 0 Å². The molecule has 0 amide bonds. The number of rotatable bonds is 1. The van der Waals surface area contributed by atoms with Gasteiger partial charge in [0.15, 0.2) is 0 Å². The number of anilines is 2. The lowest BCUT2D eigenvalue weighted by atomic mass is 9.78. The van der Waals surface area contributed by atoms with E-state index in [0.29, 0.717) is 12.1 Å². The van der Waals surface area contributed by atoms with Crippen molar-refractivity contribution < 1.29 is 1.37 Å². The Morgan fingerprint density at radius 2 is 1.64 bits per heavy atom. The SMILES string of the molecule is [2H]C1N2c3ccccc3C(C)(C)C2[C@H](C)N1c1ccccc1C. The third-order valence-corrected chi connectivity index (χ3v) is 5.45. The van der Waals surface area contributed by atoms with Crippen LogP contribution in [0.25, 0.3) is 0 Å². The third-order valence-electron chi connectivity index (χ3n) is 5.45. The number of aryl methyl sites for hydroxylation is 1. The lowest BCUT2D eigenvalue weighted by Crippen LogP contribution is -2.44. The van der Waals surface area contributed by atoms with Gasteiger partial charge in [-0.05, 0) is 37.1 Å². The van der Waals surface area contributed by atoms with Crippen molar-refractivity contribution in [2.75, 3.05) is 16.4 Å². The van der Waals surface area contributed by atoms with Crippen molar-refractivity contribution in [3.8, 4) is 0 Å². The van der Waals surface area contributed by atoms with Crippen LogP contribution in [0.2, 0.25) is 0 Å². The summed E-state index contributed by atoms with van der Waals surface area (Å²) >= 11 is 0. The normalized spacial score (nSPS) is 29.3. The van der Waals surface area contributed by atoms with Crippen LogP contribution in [-0.4, -0.2) is 18.7 Å². The summed E-state index contributed by atoms with van der Waals surface area (Å²) in [6.07, 6.45) is 0. The molecule has 2 aromatic rings. The van der Waals surface area contributed by atoms with Crippen LogP contribution >= 0.6 is 0 Å². The van der Waals surface area contributed by atoms with E-state index in [0.717, 1.165) is 0 Å². The number of para-hydroxylation sites is 2. The van der Waals surface area contributed by atoms with E-state index in [9.17, 15) is 0 Å². The van der Waals surface area contributed by atoms with Crippen molar-refractivity contribution in [3.63, 3.8) is 0 Å². The van der Waals surface area contributed by atoms with E-state index in [1.165, 1.54) is 22.5 Å². The molecule has 2 heterocycles. The molecule has 22 heavy (non-hydrogen) atoms. The van der Waals surface area contributed by atoms with Crippen molar-refractivity contribution in [1.82, 2.24) is 0 Å². The molecule has 0 bridgehead atoms. The van der Waals surface area contributed by atoms with E-state index in [1.807, 2.05) is 0 Å². The third kappa shape index (κ3) is 1.67. The smallest absolute Gasteiger partial charge is 0.0910 e. The Morgan fingerprint density at radius 3 is 2.36 bits per heavy atom. The monoisotopic (exact) mass is 293 g/mol. The maximum Gasteiger partial charge on any atom is 0.0910 e. The quantitative estimate of drug-likeness (QED) is 0.772. The van der Waals surface area contributed by atoms with E-state index in [4.69, 9.17) is 1.37 Å². The first kappa shape index (κ1) is 12.6. The number of hydrogen-bond donors (Lipinski definition) is 0. The van der Waals surface area contributed by atoms with Crippen LogP contribution < -0.4 is 9.80 Å². The molecule has 2 heteroatoms. The highest BCUT2D eigenvalue weighted by molar-refractivity contribution is 5.69. The van der Waals surface area contributed by atoms with Crippen LogP contribution in [0.5, 0.6) is 0 Å². The minimum absolute atomic E-state index is 0.0484.